The van der Waals surface area contributed by atoms with Crippen molar-refractivity contribution in [2.45, 2.75) is 33.6 Å². The minimum atomic E-state index is 0.551. The van der Waals surface area contributed by atoms with Crippen molar-refractivity contribution in [3.63, 3.8) is 0 Å². The van der Waals surface area contributed by atoms with Crippen molar-refractivity contribution in [2.75, 3.05) is 19.1 Å². The van der Waals surface area contributed by atoms with Gasteiger partial charge in [-0.05, 0) is 18.3 Å². The number of hydrogen-bond donors (Lipinski definition) is 0. The normalized spacial score (nSPS) is 13.8. The Kier molecular flexibility index (Phi) is 8.04. The Morgan fingerprint density at radius 3 is 2.33 bits per heavy atom. The smallest absolute Gasteiger partial charge is 0.0505 e. The van der Waals surface area contributed by atoms with Gasteiger partial charge in [0.15, 0.2) is 0 Å². The van der Waals surface area contributed by atoms with Crippen LogP contribution < -0.4 is 0 Å². The molecular formula is C10H21ClO. The molecule has 12 heavy (non-hydrogen) atoms. The van der Waals surface area contributed by atoms with Crippen LogP contribution in [0.5, 0.6) is 0 Å². The summed E-state index contributed by atoms with van der Waals surface area (Å²) in [7, 11) is 0. The molecule has 74 valence electrons. The van der Waals surface area contributed by atoms with Gasteiger partial charge in [0.2, 0.25) is 0 Å². The summed E-state index contributed by atoms with van der Waals surface area (Å²) in [5.41, 5.74) is 0. The van der Waals surface area contributed by atoms with Crippen LogP contribution in [0.3, 0.4) is 0 Å². The Balaban J connectivity index is 3.31. The zero-order valence-corrected chi connectivity index (χ0v) is 9.23. The molecule has 0 saturated heterocycles. The summed E-state index contributed by atoms with van der Waals surface area (Å²) < 4.78 is 5.52. The molecule has 0 aromatic carbocycles. The van der Waals surface area contributed by atoms with Crippen LogP contribution in [0.15, 0.2) is 0 Å². The molecule has 0 spiro atoms. The monoisotopic (exact) mass is 192 g/mol. The molecule has 0 N–H and O–H groups in total. The maximum Gasteiger partial charge on any atom is 0.0505 e. The molecule has 0 aliphatic carbocycles. The van der Waals surface area contributed by atoms with E-state index in [1.807, 2.05) is 0 Å². The third-order valence-electron chi connectivity index (χ3n) is 1.72. The predicted octanol–water partition coefficient (Wildman–Crippen LogP) is 3.31. The number of rotatable bonds is 7. The van der Waals surface area contributed by atoms with Gasteiger partial charge in [0, 0.05) is 12.5 Å². The molecule has 1 atom stereocenters. The van der Waals surface area contributed by atoms with Crippen molar-refractivity contribution in [3.05, 3.63) is 0 Å². The fraction of sp³-hybridized carbons (Fsp3) is 1.00. The minimum Gasteiger partial charge on any atom is -0.381 e. The van der Waals surface area contributed by atoms with Crippen molar-refractivity contribution in [2.24, 2.45) is 11.8 Å². The van der Waals surface area contributed by atoms with Crippen LogP contribution in [-0.2, 0) is 4.74 Å². The van der Waals surface area contributed by atoms with Crippen molar-refractivity contribution in [3.8, 4) is 0 Å². The fourth-order valence-electron chi connectivity index (χ4n) is 1.08. The van der Waals surface area contributed by atoms with Gasteiger partial charge in [0.05, 0.1) is 6.61 Å². The van der Waals surface area contributed by atoms with E-state index in [2.05, 4.69) is 20.8 Å². The average Bonchev–Trinajstić information content (AvgIpc) is 2.02. The van der Waals surface area contributed by atoms with Crippen molar-refractivity contribution < 1.29 is 4.74 Å². The quantitative estimate of drug-likeness (QED) is 0.563. The summed E-state index contributed by atoms with van der Waals surface area (Å²) in [4.78, 5) is 0. The molecule has 0 aliphatic heterocycles. The van der Waals surface area contributed by atoms with E-state index in [0.717, 1.165) is 19.1 Å². The molecule has 0 heterocycles. The lowest BCUT2D eigenvalue weighted by molar-refractivity contribution is 0.0825. The van der Waals surface area contributed by atoms with Crippen molar-refractivity contribution >= 4 is 11.6 Å². The van der Waals surface area contributed by atoms with E-state index in [0.29, 0.717) is 11.8 Å². The first-order valence-electron chi connectivity index (χ1n) is 4.84. The first kappa shape index (κ1) is 12.2. The molecule has 0 bridgehead atoms. The molecule has 1 unspecified atom stereocenters. The van der Waals surface area contributed by atoms with Crippen LogP contribution >= 0.6 is 11.6 Å². The highest BCUT2D eigenvalue weighted by molar-refractivity contribution is 6.18. The van der Waals surface area contributed by atoms with Gasteiger partial charge >= 0.3 is 0 Å². The van der Waals surface area contributed by atoms with Crippen molar-refractivity contribution in [1.29, 1.82) is 0 Å². The molecule has 0 aromatic heterocycles. The lowest BCUT2D eigenvalue weighted by atomic mass is 10.1. The molecule has 0 fully saturated rings. The van der Waals surface area contributed by atoms with E-state index in [1.54, 1.807) is 0 Å². The van der Waals surface area contributed by atoms with E-state index >= 15 is 0 Å². The summed E-state index contributed by atoms with van der Waals surface area (Å²) in [5.74, 6) is 1.91. The summed E-state index contributed by atoms with van der Waals surface area (Å²) in [6, 6.07) is 0. The van der Waals surface area contributed by atoms with Gasteiger partial charge in [0.25, 0.3) is 0 Å². The molecule has 1 nitrogen and oxygen atoms in total. The van der Waals surface area contributed by atoms with Crippen LogP contribution in [0, 0.1) is 11.8 Å². The van der Waals surface area contributed by atoms with Crippen LogP contribution in [0.1, 0.15) is 33.6 Å². The van der Waals surface area contributed by atoms with Gasteiger partial charge in [-0.1, -0.05) is 27.2 Å². The largest absolute Gasteiger partial charge is 0.381 e. The lowest BCUT2D eigenvalue weighted by Gasteiger charge is -2.13. The zero-order chi connectivity index (χ0) is 9.40. The molecule has 0 saturated carbocycles. The minimum absolute atomic E-state index is 0.551. The standard InChI is InChI=1S/C10H21ClO/c1-4-5-10(6-11)8-12-7-9(2)3/h9-10H,4-8H2,1-3H3. The Hall–Kier alpha value is 0.250. The van der Waals surface area contributed by atoms with Gasteiger partial charge in [-0.2, -0.15) is 0 Å². The lowest BCUT2D eigenvalue weighted by Crippen LogP contribution is -2.13. The van der Waals surface area contributed by atoms with Gasteiger partial charge in [-0.15, -0.1) is 11.6 Å². The van der Waals surface area contributed by atoms with Crippen LogP contribution in [-0.4, -0.2) is 19.1 Å². The highest BCUT2D eigenvalue weighted by atomic mass is 35.5. The van der Waals surface area contributed by atoms with Crippen LogP contribution in [0.4, 0.5) is 0 Å². The van der Waals surface area contributed by atoms with Gasteiger partial charge in [-0.25, -0.2) is 0 Å². The maximum absolute atomic E-state index is 5.78. The second kappa shape index (κ2) is 7.88. The third kappa shape index (κ3) is 6.93. The fourth-order valence-corrected chi connectivity index (χ4v) is 1.33. The first-order chi connectivity index (χ1) is 5.70. The van der Waals surface area contributed by atoms with Crippen LogP contribution in [0.25, 0.3) is 0 Å². The topological polar surface area (TPSA) is 9.23 Å². The van der Waals surface area contributed by atoms with Crippen molar-refractivity contribution in [1.82, 2.24) is 0 Å². The molecule has 0 amide bonds. The number of ether oxygens (including phenoxy) is 1. The van der Waals surface area contributed by atoms with E-state index in [1.165, 1.54) is 12.8 Å². The van der Waals surface area contributed by atoms with Gasteiger partial charge in [0.1, 0.15) is 0 Å². The third-order valence-corrected chi connectivity index (χ3v) is 2.16. The summed E-state index contributed by atoms with van der Waals surface area (Å²) >= 11 is 5.78. The Bertz CT molecular complexity index is 93.8. The summed E-state index contributed by atoms with van der Waals surface area (Å²) in [5, 5.41) is 0. The predicted molar refractivity (Wildman–Crippen MR) is 54.8 cm³/mol. The average molecular weight is 193 g/mol. The zero-order valence-electron chi connectivity index (χ0n) is 8.48. The molecule has 0 aromatic rings. The Morgan fingerprint density at radius 2 is 1.92 bits per heavy atom. The first-order valence-corrected chi connectivity index (χ1v) is 5.37. The SMILES string of the molecule is CCCC(CCl)COCC(C)C. The number of halogens is 1. The van der Waals surface area contributed by atoms with Gasteiger partial charge in [-0.3, -0.25) is 0 Å². The van der Waals surface area contributed by atoms with E-state index in [-0.39, 0.29) is 0 Å². The summed E-state index contributed by atoms with van der Waals surface area (Å²) in [6.45, 7) is 8.19. The van der Waals surface area contributed by atoms with Gasteiger partial charge < -0.3 is 4.74 Å². The highest BCUT2D eigenvalue weighted by Crippen LogP contribution is 2.09. The van der Waals surface area contributed by atoms with E-state index in [4.69, 9.17) is 16.3 Å². The molecule has 0 aliphatic rings. The molecule has 2 heteroatoms. The summed E-state index contributed by atoms with van der Waals surface area (Å²) in [6.07, 6.45) is 2.38. The Morgan fingerprint density at radius 1 is 1.25 bits per heavy atom. The maximum atomic E-state index is 5.78. The Labute approximate surface area is 81.4 Å². The van der Waals surface area contributed by atoms with E-state index in [9.17, 15) is 0 Å². The molecule has 0 radical (unpaired) electrons. The molecular weight excluding hydrogens is 172 g/mol. The van der Waals surface area contributed by atoms with Crippen LogP contribution in [0.2, 0.25) is 0 Å². The molecule has 0 rings (SSSR count). The highest BCUT2D eigenvalue weighted by Gasteiger charge is 2.06. The second-order valence-electron chi connectivity index (χ2n) is 3.74. The number of alkyl halides is 1. The second-order valence-corrected chi connectivity index (χ2v) is 4.05. The number of hydrogen-bond acceptors (Lipinski definition) is 1. The van der Waals surface area contributed by atoms with E-state index < -0.39 is 0 Å².